The Labute approximate surface area is 164 Å². The molecule has 0 amide bonds. The van der Waals surface area contributed by atoms with Crippen molar-refractivity contribution in [2.45, 2.75) is 90.6 Å². The highest BCUT2D eigenvalue weighted by molar-refractivity contribution is 5.69. The van der Waals surface area contributed by atoms with Gasteiger partial charge in [-0.1, -0.05) is 63.7 Å². The van der Waals surface area contributed by atoms with Crippen LogP contribution < -0.4 is 0 Å². The van der Waals surface area contributed by atoms with Crippen LogP contribution in [-0.2, 0) is 16.1 Å². The molecule has 4 nitrogen and oxygen atoms in total. The molecule has 0 saturated carbocycles. The molecular weight excluding hydrogens is 340 g/mol. The highest BCUT2D eigenvalue weighted by Crippen LogP contribution is 2.25. The van der Waals surface area contributed by atoms with E-state index in [9.17, 15) is 15.0 Å². The molecular formula is C23H36O4. The van der Waals surface area contributed by atoms with E-state index in [1.165, 1.54) is 57.1 Å². The molecule has 152 valence electrons. The van der Waals surface area contributed by atoms with Crippen LogP contribution in [0.25, 0.3) is 0 Å². The molecule has 0 aliphatic carbocycles. The Morgan fingerprint density at radius 3 is 2.19 bits per heavy atom. The van der Waals surface area contributed by atoms with Crippen LogP contribution in [0.2, 0.25) is 0 Å². The third-order valence-corrected chi connectivity index (χ3v) is 4.58. The minimum Gasteiger partial charge on any atom is -0.504 e. The number of phenols is 2. The fourth-order valence-electron chi connectivity index (χ4n) is 2.88. The van der Waals surface area contributed by atoms with Crippen LogP contribution in [0.1, 0.15) is 89.5 Å². The SMILES string of the molecule is CCCCCCCCC/C=C\CCCCC(=O)OCc1ccc(O)c(O)c1. The summed E-state index contributed by atoms with van der Waals surface area (Å²) in [4.78, 5) is 11.7. The number of phenolic OH excluding ortho intramolecular Hbond substituents is 2. The minimum absolute atomic E-state index is 0.116. The number of carbonyl (C=O) groups is 1. The quantitative estimate of drug-likeness (QED) is 0.161. The van der Waals surface area contributed by atoms with Gasteiger partial charge in [-0.25, -0.2) is 0 Å². The van der Waals surface area contributed by atoms with Gasteiger partial charge in [-0.2, -0.15) is 0 Å². The van der Waals surface area contributed by atoms with E-state index < -0.39 is 0 Å². The van der Waals surface area contributed by atoms with E-state index in [2.05, 4.69) is 19.1 Å². The molecule has 0 spiro atoms. The van der Waals surface area contributed by atoms with Gasteiger partial charge < -0.3 is 14.9 Å². The maximum Gasteiger partial charge on any atom is 0.306 e. The fourth-order valence-corrected chi connectivity index (χ4v) is 2.88. The monoisotopic (exact) mass is 376 g/mol. The Morgan fingerprint density at radius 1 is 0.889 bits per heavy atom. The van der Waals surface area contributed by atoms with Gasteiger partial charge in [-0.3, -0.25) is 4.79 Å². The van der Waals surface area contributed by atoms with Crippen molar-refractivity contribution in [3.8, 4) is 11.5 Å². The number of rotatable bonds is 15. The molecule has 0 atom stereocenters. The smallest absolute Gasteiger partial charge is 0.306 e. The molecule has 0 radical (unpaired) electrons. The van der Waals surface area contributed by atoms with E-state index >= 15 is 0 Å². The summed E-state index contributed by atoms with van der Waals surface area (Å²) in [5.74, 6) is -0.605. The molecule has 4 heteroatoms. The third-order valence-electron chi connectivity index (χ3n) is 4.58. The molecule has 0 aliphatic rings. The van der Waals surface area contributed by atoms with Crippen LogP contribution in [0, 0.1) is 0 Å². The number of aromatic hydroxyl groups is 2. The Hall–Kier alpha value is -1.97. The maximum atomic E-state index is 11.7. The molecule has 0 bridgehead atoms. The van der Waals surface area contributed by atoms with Crippen LogP contribution in [0.3, 0.4) is 0 Å². The number of unbranched alkanes of at least 4 members (excludes halogenated alkanes) is 9. The Balaban J connectivity index is 1.95. The lowest BCUT2D eigenvalue weighted by molar-refractivity contribution is -0.145. The summed E-state index contributed by atoms with van der Waals surface area (Å²) in [7, 11) is 0. The van der Waals surface area contributed by atoms with E-state index in [0.717, 1.165) is 25.7 Å². The second-order valence-electron chi connectivity index (χ2n) is 7.11. The lowest BCUT2D eigenvalue weighted by atomic mass is 10.1. The lowest BCUT2D eigenvalue weighted by Gasteiger charge is -2.06. The fraction of sp³-hybridized carbons (Fsp3) is 0.609. The summed E-state index contributed by atoms with van der Waals surface area (Å²) < 4.78 is 5.18. The van der Waals surface area contributed by atoms with Gasteiger partial charge in [-0.05, 0) is 49.8 Å². The molecule has 0 saturated heterocycles. The summed E-state index contributed by atoms with van der Waals surface area (Å²) in [5.41, 5.74) is 0.659. The first-order chi connectivity index (χ1) is 13.1. The van der Waals surface area contributed by atoms with Crippen molar-refractivity contribution < 1.29 is 19.7 Å². The topological polar surface area (TPSA) is 66.8 Å². The predicted octanol–water partition coefficient (Wildman–Crippen LogP) is 6.40. The van der Waals surface area contributed by atoms with Crippen molar-refractivity contribution in [1.29, 1.82) is 0 Å². The summed E-state index contributed by atoms with van der Waals surface area (Å²) in [6.45, 7) is 2.36. The zero-order valence-electron chi connectivity index (χ0n) is 16.8. The Bertz CT molecular complexity index is 551. The van der Waals surface area contributed by atoms with Crippen LogP contribution in [0.15, 0.2) is 30.4 Å². The number of carbonyl (C=O) groups excluding carboxylic acids is 1. The number of esters is 1. The first kappa shape index (κ1) is 23.1. The molecule has 0 unspecified atom stereocenters. The minimum atomic E-state index is -0.227. The molecule has 0 aromatic heterocycles. The molecule has 1 aromatic carbocycles. The van der Waals surface area contributed by atoms with Gasteiger partial charge in [0.15, 0.2) is 11.5 Å². The van der Waals surface area contributed by atoms with E-state index in [1.54, 1.807) is 6.07 Å². The van der Waals surface area contributed by atoms with Gasteiger partial charge in [0.2, 0.25) is 0 Å². The van der Waals surface area contributed by atoms with Crippen LogP contribution in [-0.4, -0.2) is 16.2 Å². The number of hydrogen-bond donors (Lipinski definition) is 2. The Morgan fingerprint density at radius 2 is 1.52 bits per heavy atom. The van der Waals surface area contributed by atoms with Crippen LogP contribution in [0.4, 0.5) is 0 Å². The summed E-state index contributed by atoms with van der Waals surface area (Å²) in [6, 6.07) is 4.41. The molecule has 2 N–H and O–H groups in total. The molecule has 0 fully saturated rings. The van der Waals surface area contributed by atoms with Gasteiger partial charge in [-0.15, -0.1) is 0 Å². The summed E-state index contributed by atoms with van der Waals surface area (Å²) in [6.07, 6.45) is 18.3. The van der Waals surface area contributed by atoms with Crippen LogP contribution >= 0.6 is 0 Å². The van der Waals surface area contributed by atoms with E-state index in [0.29, 0.717) is 12.0 Å². The first-order valence-corrected chi connectivity index (χ1v) is 10.4. The zero-order chi connectivity index (χ0) is 19.7. The van der Waals surface area contributed by atoms with Gasteiger partial charge in [0.25, 0.3) is 0 Å². The second-order valence-corrected chi connectivity index (χ2v) is 7.11. The second kappa shape index (κ2) is 15.1. The average Bonchev–Trinajstić information content (AvgIpc) is 2.66. The van der Waals surface area contributed by atoms with Crippen molar-refractivity contribution in [3.63, 3.8) is 0 Å². The van der Waals surface area contributed by atoms with Gasteiger partial charge in [0.1, 0.15) is 6.61 Å². The van der Waals surface area contributed by atoms with Gasteiger partial charge in [0, 0.05) is 6.42 Å². The number of ether oxygens (including phenoxy) is 1. The number of allylic oxidation sites excluding steroid dienone is 2. The predicted molar refractivity (Wildman–Crippen MR) is 110 cm³/mol. The van der Waals surface area contributed by atoms with E-state index in [1.807, 2.05) is 0 Å². The highest BCUT2D eigenvalue weighted by Gasteiger charge is 2.05. The first-order valence-electron chi connectivity index (χ1n) is 10.4. The molecule has 1 rings (SSSR count). The van der Waals surface area contributed by atoms with Crippen molar-refractivity contribution in [1.82, 2.24) is 0 Å². The van der Waals surface area contributed by atoms with Crippen molar-refractivity contribution >= 4 is 5.97 Å². The van der Waals surface area contributed by atoms with E-state index in [-0.39, 0.29) is 24.1 Å². The number of hydrogen-bond acceptors (Lipinski definition) is 4. The van der Waals surface area contributed by atoms with Crippen molar-refractivity contribution in [3.05, 3.63) is 35.9 Å². The third kappa shape index (κ3) is 12.1. The molecule has 27 heavy (non-hydrogen) atoms. The van der Waals surface area contributed by atoms with Gasteiger partial charge in [0.05, 0.1) is 0 Å². The molecule has 0 heterocycles. The summed E-state index contributed by atoms with van der Waals surface area (Å²) >= 11 is 0. The average molecular weight is 377 g/mol. The largest absolute Gasteiger partial charge is 0.504 e. The normalized spacial score (nSPS) is 11.1. The maximum absolute atomic E-state index is 11.7. The highest BCUT2D eigenvalue weighted by atomic mass is 16.5. The zero-order valence-corrected chi connectivity index (χ0v) is 16.8. The summed E-state index contributed by atoms with van der Waals surface area (Å²) in [5, 5.41) is 18.6. The molecule has 1 aromatic rings. The standard InChI is InChI=1S/C23H36O4/c1-2-3-4-5-6-7-8-9-10-11-12-13-14-15-23(26)27-19-20-16-17-21(24)22(25)18-20/h10-11,16-18,24-25H,2-9,12-15,19H2,1H3/b11-10-. The van der Waals surface area contributed by atoms with Crippen molar-refractivity contribution in [2.75, 3.05) is 0 Å². The number of benzene rings is 1. The molecule has 0 aliphatic heterocycles. The Kier molecular flexibility index (Phi) is 12.9. The lowest BCUT2D eigenvalue weighted by Crippen LogP contribution is -2.04. The van der Waals surface area contributed by atoms with Crippen molar-refractivity contribution in [2.24, 2.45) is 0 Å². The van der Waals surface area contributed by atoms with E-state index in [4.69, 9.17) is 4.74 Å². The van der Waals surface area contributed by atoms with Crippen LogP contribution in [0.5, 0.6) is 11.5 Å². The van der Waals surface area contributed by atoms with Gasteiger partial charge >= 0.3 is 5.97 Å².